The van der Waals surface area contributed by atoms with Gasteiger partial charge in [-0.05, 0) is 59.6 Å². The zero-order valence-electron chi connectivity index (χ0n) is 16.2. The lowest BCUT2D eigenvalue weighted by Crippen LogP contribution is -2.20. The average Bonchev–Trinajstić information content (AvgIpc) is 2.62. The van der Waals surface area contributed by atoms with Crippen molar-refractivity contribution in [3.8, 4) is 11.5 Å². The molecular formula is C25H26O2. The largest absolute Gasteiger partial charge is 0.508 e. The number of hydrogen-bond donors (Lipinski definition) is 1. The molecule has 0 radical (unpaired) electrons. The van der Waals surface area contributed by atoms with Crippen LogP contribution in [0, 0.1) is 0 Å². The number of benzene rings is 3. The highest BCUT2D eigenvalue weighted by Gasteiger charge is 2.25. The van der Waals surface area contributed by atoms with E-state index < -0.39 is 0 Å². The lowest BCUT2D eigenvalue weighted by atomic mass is 9.78. The summed E-state index contributed by atoms with van der Waals surface area (Å²) in [6.45, 7) is 6.44. The van der Waals surface area contributed by atoms with Crippen LogP contribution < -0.4 is 4.74 Å². The predicted octanol–water partition coefficient (Wildman–Crippen LogP) is 5.96. The van der Waals surface area contributed by atoms with E-state index in [4.69, 9.17) is 4.74 Å². The van der Waals surface area contributed by atoms with Crippen LogP contribution in [0.25, 0.3) is 0 Å². The first kappa shape index (κ1) is 17.7. The Labute approximate surface area is 161 Å². The van der Waals surface area contributed by atoms with Crippen molar-refractivity contribution in [2.24, 2.45) is 0 Å². The molecule has 2 heteroatoms. The second kappa shape index (κ2) is 6.77. The molecule has 0 spiro atoms. The summed E-state index contributed by atoms with van der Waals surface area (Å²) in [7, 11) is 0. The van der Waals surface area contributed by atoms with Crippen LogP contribution in [0.15, 0.2) is 66.7 Å². The molecule has 3 aromatic rings. The summed E-state index contributed by atoms with van der Waals surface area (Å²) < 4.78 is 5.67. The molecule has 0 amide bonds. The summed E-state index contributed by atoms with van der Waals surface area (Å²) in [6.07, 6.45) is 2.03. The van der Waals surface area contributed by atoms with E-state index in [1.807, 2.05) is 18.2 Å². The normalized spacial score (nSPS) is 15.6. The molecule has 1 N–H and O–H groups in total. The van der Waals surface area contributed by atoms with Gasteiger partial charge in [-0.3, -0.25) is 0 Å². The van der Waals surface area contributed by atoms with Crippen LogP contribution in [0.5, 0.6) is 11.5 Å². The van der Waals surface area contributed by atoms with Gasteiger partial charge in [-0.25, -0.2) is 0 Å². The molecule has 27 heavy (non-hydrogen) atoms. The molecule has 1 aliphatic heterocycles. The third kappa shape index (κ3) is 3.57. The second-order valence-electron chi connectivity index (χ2n) is 8.20. The van der Waals surface area contributed by atoms with E-state index in [2.05, 4.69) is 63.2 Å². The molecule has 1 aliphatic rings. The Hall–Kier alpha value is -2.74. The summed E-state index contributed by atoms with van der Waals surface area (Å²) >= 11 is 0. The molecule has 0 fully saturated rings. The molecule has 0 bridgehead atoms. The van der Waals surface area contributed by atoms with Crippen molar-refractivity contribution in [1.29, 1.82) is 0 Å². The van der Waals surface area contributed by atoms with Crippen LogP contribution in [0.3, 0.4) is 0 Å². The molecular weight excluding hydrogens is 332 g/mol. The Morgan fingerprint density at radius 3 is 2.22 bits per heavy atom. The number of para-hydroxylation sites is 1. The summed E-state index contributed by atoms with van der Waals surface area (Å²) in [5.41, 5.74) is 6.03. The van der Waals surface area contributed by atoms with Crippen LogP contribution in [0.1, 0.15) is 54.7 Å². The first-order valence-electron chi connectivity index (χ1n) is 9.58. The fourth-order valence-corrected chi connectivity index (χ4v) is 3.98. The standard InChI is InChI=1S/C25H26O2/c1-17-21-13-12-20(15-24(21)27-17)14-18-8-10-19(11-9-18)16-25(2,3)22-6-4-5-7-23(22)26/h4-13,15,17,26H,14,16H2,1-3H3/t17-/m1/s1. The summed E-state index contributed by atoms with van der Waals surface area (Å²) in [5, 5.41) is 10.2. The molecule has 0 aromatic heterocycles. The molecule has 0 aliphatic carbocycles. The van der Waals surface area contributed by atoms with E-state index in [1.54, 1.807) is 6.07 Å². The summed E-state index contributed by atoms with van der Waals surface area (Å²) in [6, 6.07) is 23.0. The zero-order chi connectivity index (χ0) is 19.0. The van der Waals surface area contributed by atoms with Gasteiger partial charge in [0.05, 0.1) is 0 Å². The van der Waals surface area contributed by atoms with Crippen molar-refractivity contribution >= 4 is 0 Å². The second-order valence-corrected chi connectivity index (χ2v) is 8.20. The number of fused-ring (bicyclic) bond motifs is 1. The van der Waals surface area contributed by atoms with Crippen LogP contribution in [-0.2, 0) is 18.3 Å². The van der Waals surface area contributed by atoms with Gasteiger partial charge in [0.25, 0.3) is 0 Å². The van der Waals surface area contributed by atoms with Gasteiger partial charge in [0.2, 0.25) is 0 Å². The number of hydrogen-bond acceptors (Lipinski definition) is 2. The van der Waals surface area contributed by atoms with Crippen molar-refractivity contribution in [3.63, 3.8) is 0 Å². The fraction of sp³-hybridized carbons (Fsp3) is 0.280. The van der Waals surface area contributed by atoms with Gasteiger partial charge >= 0.3 is 0 Å². The first-order valence-corrected chi connectivity index (χ1v) is 9.58. The Balaban J connectivity index is 1.46. The van der Waals surface area contributed by atoms with Gasteiger partial charge in [-0.15, -0.1) is 0 Å². The number of phenols is 1. The maximum atomic E-state index is 10.2. The van der Waals surface area contributed by atoms with Crippen molar-refractivity contribution in [2.45, 2.75) is 45.1 Å². The Morgan fingerprint density at radius 2 is 1.56 bits per heavy atom. The van der Waals surface area contributed by atoms with Gasteiger partial charge < -0.3 is 9.84 Å². The lowest BCUT2D eigenvalue weighted by molar-refractivity contribution is 0.165. The maximum Gasteiger partial charge on any atom is 0.127 e. The molecule has 2 nitrogen and oxygen atoms in total. The Kier molecular flexibility index (Phi) is 4.43. The van der Waals surface area contributed by atoms with Crippen molar-refractivity contribution in [1.82, 2.24) is 0 Å². The monoisotopic (exact) mass is 358 g/mol. The fourth-order valence-electron chi connectivity index (χ4n) is 3.98. The molecule has 0 unspecified atom stereocenters. The molecule has 138 valence electrons. The van der Waals surface area contributed by atoms with Gasteiger partial charge in [-0.2, -0.15) is 0 Å². The summed E-state index contributed by atoms with van der Waals surface area (Å²) in [5.74, 6) is 1.40. The molecule has 1 heterocycles. The third-order valence-corrected chi connectivity index (χ3v) is 5.53. The van der Waals surface area contributed by atoms with E-state index in [-0.39, 0.29) is 11.5 Å². The molecule has 4 rings (SSSR count). The number of rotatable bonds is 5. The van der Waals surface area contributed by atoms with Gasteiger partial charge in [-0.1, -0.05) is 68.4 Å². The van der Waals surface area contributed by atoms with E-state index in [9.17, 15) is 5.11 Å². The molecule has 0 saturated heterocycles. The molecule has 1 atom stereocenters. The van der Waals surface area contributed by atoms with Gasteiger partial charge in [0.15, 0.2) is 0 Å². The lowest BCUT2D eigenvalue weighted by Gasteiger charge is -2.28. The Morgan fingerprint density at radius 1 is 0.889 bits per heavy atom. The van der Waals surface area contributed by atoms with Crippen molar-refractivity contribution in [3.05, 3.63) is 94.5 Å². The first-order chi connectivity index (χ1) is 12.9. The van der Waals surface area contributed by atoms with E-state index in [1.165, 1.54) is 22.3 Å². The van der Waals surface area contributed by atoms with Gasteiger partial charge in [0, 0.05) is 5.56 Å². The summed E-state index contributed by atoms with van der Waals surface area (Å²) in [4.78, 5) is 0. The number of ether oxygens (including phenoxy) is 1. The smallest absolute Gasteiger partial charge is 0.127 e. The third-order valence-electron chi connectivity index (χ3n) is 5.53. The quantitative estimate of drug-likeness (QED) is 0.610. The van der Waals surface area contributed by atoms with Crippen LogP contribution >= 0.6 is 0 Å². The minimum absolute atomic E-state index is 0.122. The van der Waals surface area contributed by atoms with Crippen molar-refractivity contribution < 1.29 is 9.84 Å². The zero-order valence-corrected chi connectivity index (χ0v) is 16.2. The van der Waals surface area contributed by atoms with Crippen LogP contribution in [0.4, 0.5) is 0 Å². The topological polar surface area (TPSA) is 29.5 Å². The van der Waals surface area contributed by atoms with Crippen LogP contribution in [-0.4, -0.2) is 5.11 Å². The van der Waals surface area contributed by atoms with Gasteiger partial charge in [0.1, 0.15) is 17.6 Å². The number of aromatic hydroxyl groups is 1. The van der Waals surface area contributed by atoms with E-state index in [0.29, 0.717) is 5.75 Å². The predicted molar refractivity (Wildman–Crippen MR) is 110 cm³/mol. The van der Waals surface area contributed by atoms with E-state index >= 15 is 0 Å². The SMILES string of the molecule is C[C@H]1Oc2cc(Cc3ccc(CC(C)(C)c4ccccc4O)cc3)ccc21. The minimum Gasteiger partial charge on any atom is -0.508 e. The van der Waals surface area contributed by atoms with Crippen molar-refractivity contribution in [2.75, 3.05) is 0 Å². The molecule has 3 aromatic carbocycles. The number of phenolic OH excluding ortho intramolecular Hbond substituents is 1. The highest BCUT2D eigenvalue weighted by molar-refractivity contribution is 5.46. The average molecular weight is 358 g/mol. The molecule has 0 saturated carbocycles. The van der Waals surface area contributed by atoms with E-state index in [0.717, 1.165) is 24.2 Å². The highest BCUT2D eigenvalue weighted by Crippen LogP contribution is 2.39. The Bertz CT molecular complexity index is 954. The minimum atomic E-state index is -0.122. The van der Waals surface area contributed by atoms with Crippen LogP contribution in [0.2, 0.25) is 0 Å². The highest BCUT2D eigenvalue weighted by atomic mass is 16.5. The maximum absolute atomic E-state index is 10.2.